The van der Waals surface area contributed by atoms with E-state index in [9.17, 15) is 5.26 Å². The van der Waals surface area contributed by atoms with E-state index in [0.29, 0.717) is 11.4 Å². The van der Waals surface area contributed by atoms with Crippen LogP contribution in [0.15, 0.2) is 170 Å². The first-order valence-electron chi connectivity index (χ1n) is 17.8. The smallest absolute Gasteiger partial charge is 0.160 e. The standard InChI is InChI=1S/C49H34N4/c1-49(2)44-24-32(30-50)15-21-42(44)43-22-20-37(28-45(43)49)39-25-40(38-14-9-23-51-31-38)27-41(26-39)48-52-46(35-12-7-4-8-13-35)29-47(53-48)36-18-16-34(17-19-36)33-10-5-3-6-11-33/h3-29,31H,1-2H3. The molecule has 8 aromatic rings. The van der Waals surface area contributed by atoms with E-state index >= 15 is 0 Å². The largest absolute Gasteiger partial charge is 0.264 e. The van der Waals surface area contributed by atoms with Gasteiger partial charge in [-0.2, -0.15) is 5.26 Å². The third-order valence-corrected chi connectivity index (χ3v) is 10.4. The van der Waals surface area contributed by atoms with Crippen LogP contribution in [0.3, 0.4) is 0 Å². The van der Waals surface area contributed by atoms with E-state index in [2.05, 4.69) is 140 Å². The van der Waals surface area contributed by atoms with Gasteiger partial charge < -0.3 is 0 Å². The summed E-state index contributed by atoms with van der Waals surface area (Å²) in [6.45, 7) is 4.49. The second-order valence-corrected chi connectivity index (χ2v) is 14.1. The molecule has 0 atom stereocenters. The van der Waals surface area contributed by atoms with Gasteiger partial charge in [0.05, 0.1) is 23.0 Å². The van der Waals surface area contributed by atoms with Crippen LogP contribution in [0.5, 0.6) is 0 Å². The SMILES string of the molecule is CC1(C)c2cc(C#N)ccc2-c2ccc(-c3cc(-c4cccnc4)cc(-c4nc(-c5ccccc5)cc(-c5ccc(-c6ccccc6)cc5)n4)c3)cc21. The molecule has 2 aromatic heterocycles. The minimum absolute atomic E-state index is 0.255. The van der Waals surface area contributed by atoms with Crippen molar-refractivity contribution < 1.29 is 0 Å². The van der Waals surface area contributed by atoms with Crippen LogP contribution >= 0.6 is 0 Å². The molecule has 0 fully saturated rings. The van der Waals surface area contributed by atoms with Crippen LogP contribution in [0.25, 0.3) is 78.4 Å². The molecular weight excluding hydrogens is 645 g/mol. The zero-order valence-corrected chi connectivity index (χ0v) is 29.5. The number of fused-ring (bicyclic) bond motifs is 3. The summed E-state index contributed by atoms with van der Waals surface area (Å²) in [5, 5.41) is 9.64. The number of aromatic nitrogens is 3. The summed E-state index contributed by atoms with van der Waals surface area (Å²) in [4.78, 5) is 14.9. The van der Waals surface area contributed by atoms with Crippen LogP contribution < -0.4 is 0 Å². The quantitative estimate of drug-likeness (QED) is 0.176. The summed E-state index contributed by atoms with van der Waals surface area (Å²) in [7, 11) is 0. The number of benzene rings is 6. The number of nitriles is 1. The average Bonchev–Trinajstić information content (AvgIpc) is 3.46. The van der Waals surface area contributed by atoms with E-state index in [-0.39, 0.29) is 5.41 Å². The maximum absolute atomic E-state index is 9.64. The van der Waals surface area contributed by atoms with Crippen LogP contribution in [-0.4, -0.2) is 15.0 Å². The normalized spacial score (nSPS) is 12.5. The van der Waals surface area contributed by atoms with Gasteiger partial charge >= 0.3 is 0 Å². The van der Waals surface area contributed by atoms with Crippen molar-refractivity contribution >= 4 is 0 Å². The summed E-state index contributed by atoms with van der Waals surface area (Å²) >= 11 is 0. The Hall–Kier alpha value is -6.96. The summed E-state index contributed by atoms with van der Waals surface area (Å²) in [6, 6.07) is 57.2. The highest BCUT2D eigenvalue weighted by Gasteiger charge is 2.36. The van der Waals surface area contributed by atoms with Gasteiger partial charge in [0.2, 0.25) is 0 Å². The lowest BCUT2D eigenvalue weighted by molar-refractivity contribution is 0.660. The molecule has 4 nitrogen and oxygen atoms in total. The predicted octanol–water partition coefficient (Wildman–Crippen LogP) is 12.1. The number of pyridine rings is 1. The predicted molar refractivity (Wildman–Crippen MR) is 215 cm³/mol. The van der Waals surface area contributed by atoms with Crippen LogP contribution in [0.4, 0.5) is 0 Å². The molecule has 1 aliphatic carbocycles. The summed E-state index contributed by atoms with van der Waals surface area (Å²) < 4.78 is 0. The highest BCUT2D eigenvalue weighted by molar-refractivity contribution is 5.86. The third kappa shape index (κ3) is 5.89. The number of hydrogen-bond donors (Lipinski definition) is 0. The Labute approximate surface area is 309 Å². The lowest BCUT2D eigenvalue weighted by Gasteiger charge is -2.22. The highest BCUT2D eigenvalue weighted by Crippen LogP contribution is 2.50. The Kier molecular flexibility index (Phi) is 7.83. The van der Waals surface area contributed by atoms with Crippen molar-refractivity contribution in [2.75, 3.05) is 0 Å². The molecule has 9 rings (SSSR count). The zero-order valence-electron chi connectivity index (χ0n) is 29.5. The van der Waals surface area contributed by atoms with E-state index in [1.54, 1.807) is 6.20 Å². The Bertz CT molecular complexity index is 2670. The molecule has 0 amide bonds. The molecule has 0 N–H and O–H groups in total. The maximum atomic E-state index is 9.64. The first kappa shape index (κ1) is 32.0. The topological polar surface area (TPSA) is 62.5 Å². The van der Waals surface area contributed by atoms with Crippen molar-refractivity contribution in [1.29, 1.82) is 5.26 Å². The molecule has 250 valence electrons. The van der Waals surface area contributed by atoms with E-state index < -0.39 is 0 Å². The zero-order chi connectivity index (χ0) is 35.9. The number of rotatable bonds is 6. The van der Waals surface area contributed by atoms with Gasteiger partial charge in [0.25, 0.3) is 0 Å². The van der Waals surface area contributed by atoms with Gasteiger partial charge in [0.15, 0.2) is 5.82 Å². The van der Waals surface area contributed by atoms with Crippen LogP contribution in [0.1, 0.15) is 30.5 Å². The van der Waals surface area contributed by atoms with Crippen molar-refractivity contribution in [3.05, 3.63) is 187 Å². The molecule has 0 aliphatic heterocycles. The molecule has 0 bridgehead atoms. The lowest BCUT2D eigenvalue weighted by Crippen LogP contribution is -2.15. The van der Waals surface area contributed by atoms with Crippen LogP contribution in [0, 0.1) is 11.3 Å². The molecular formula is C49H34N4. The Morgan fingerprint density at radius 3 is 1.64 bits per heavy atom. The minimum atomic E-state index is -0.255. The first-order valence-corrected chi connectivity index (χ1v) is 17.8. The van der Waals surface area contributed by atoms with Crippen molar-refractivity contribution in [2.45, 2.75) is 19.3 Å². The molecule has 4 heteroatoms. The van der Waals surface area contributed by atoms with Gasteiger partial charge in [0.1, 0.15) is 0 Å². The van der Waals surface area contributed by atoms with Crippen molar-refractivity contribution in [2.24, 2.45) is 0 Å². The summed E-state index contributed by atoms with van der Waals surface area (Å²) in [6.07, 6.45) is 3.70. The fourth-order valence-corrected chi connectivity index (χ4v) is 7.56. The molecule has 2 heterocycles. The monoisotopic (exact) mass is 678 g/mol. The Balaban J connectivity index is 1.20. The average molecular weight is 679 g/mol. The van der Waals surface area contributed by atoms with Crippen LogP contribution in [-0.2, 0) is 5.41 Å². The van der Waals surface area contributed by atoms with Gasteiger partial charge in [-0.15, -0.1) is 0 Å². The van der Waals surface area contributed by atoms with E-state index in [4.69, 9.17) is 9.97 Å². The van der Waals surface area contributed by atoms with Gasteiger partial charge in [-0.25, -0.2) is 9.97 Å². The molecule has 53 heavy (non-hydrogen) atoms. The molecule has 0 radical (unpaired) electrons. The van der Waals surface area contributed by atoms with Gasteiger partial charge in [-0.05, 0) is 98.6 Å². The van der Waals surface area contributed by atoms with Crippen molar-refractivity contribution in [1.82, 2.24) is 15.0 Å². The minimum Gasteiger partial charge on any atom is -0.264 e. The third-order valence-electron chi connectivity index (χ3n) is 10.4. The molecule has 0 spiro atoms. The summed E-state index contributed by atoms with van der Waals surface area (Å²) in [5.74, 6) is 0.651. The second kappa shape index (κ2) is 13.0. The fourth-order valence-electron chi connectivity index (χ4n) is 7.56. The van der Waals surface area contributed by atoms with Crippen molar-refractivity contribution in [3.8, 4) is 84.5 Å². The Morgan fingerprint density at radius 1 is 0.453 bits per heavy atom. The van der Waals surface area contributed by atoms with Gasteiger partial charge in [-0.1, -0.05) is 123 Å². The van der Waals surface area contributed by atoms with Gasteiger partial charge in [0, 0.05) is 40.1 Å². The van der Waals surface area contributed by atoms with E-state index in [1.165, 1.54) is 27.8 Å². The molecule has 6 aromatic carbocycles. The number of hydrogen-bond acceptors (Lipinski definition) is 4. The molecule has 0 unspecified atom stereocenters. The lowest BCUT2D eigenvalue weighted by atomic mass is 9.81. The molecule has 0 saturated carbocycles. The van der Waals surface area contributed by atoms with E-state index in [1.807, 2.05) is 48.7 Å². The van der Waals surface area contributed by atoms with Crippen molar-refractivity contribution in [3.63, 3.8) is 0 Å². The first-order chi connectivity index (χ1) is 25.9. The summed E-state index contributed by atoms with van der Waals surface area (Å²) in [5.41, 5.74) is 16.5. The van der Waals surface area contributed by atoms with Gasteiger partial charge in [-0.3, -0.25) is 4.98 Å². The second-order valence-electron chi connectivity index (χ2n) is 14.1. The number of nitrogens with zero attached hydrogens (tertiary/aromatic N) is 4. The maximum Gasteiger partial charge on any atom is 0.160 e. The fraction of sp³-hybridized carbons (Fsp3) is 0.0612. The molecule has 1 aliphatic rings. The molecule has 0 saturated heterocycles. The van der Waals surface area contributed by atoms with Crippen LogP contribution in [0.2, 0.25) is 0 Å². The Morgan fingerprint density at radius 2 is 0.981 bits per heavy atom. The van der Waals surface area contributed by atoms with E-state index in [0.717, 1.165) is 55.9 Å². The highest BCUT2D eigenvalue weighted by atomic mass is 14.9.